The van der Waals surface area contributed by atoms with Crippen LogP contribution in [-0.2, 0) is 20.9 Å². The number of nitrogens with one attached hydrogen (secondary N) is 2. The number of aliphatic hydroxyl groups excluding tert-OH is 1. The van der Waals surface area contributed by atoms with Gasteiger partial charge in [-0.15, -0.1) is 0 Å². The monoisotopic (exact) mass is 430 g/mol. The summed E-state index contributed by atoms with van der Waals surface area (Å²) < 4.78 is 4.95. The molecule has 0 saturated heterocycles. The smallest absolute Gasteiger partial charge is 0.246 e. The molecule has 172 valence electrons. The lowest BCUT2D eigenvalue weighted by Gasteiger charge is -2.56. The van der Waals surface area contributed by atoms with Crippen molar-refractivity contribution in [2.75, 3.05) is 13.7 Å². The van der Waals surface area contributed by atoms with Crippen LogP contribution in [0.15, 0.2) is 30.3 Å². The summed E-state index contributed by atoms with van der Waals surface area (Å²) in [6.45, 7) is 6.88. The third-order valence-electron chi connectivity index (χ3n) is 7.87. The number of aliphatic hydroxyl groups is 1. The van der Waals surface area contributed by atoms with Crippen molar-refractivity contribution in [3.63, 3.8) is 0 Å². The topological polar surface area (TPSA) is 87.7 Å². The van der Waals surface area contributed by atoms with Gasteiger partial charge in [0.15, 0.2) is 0 Å². The predicted octanol–water partition coefficient (Wildman–Crippen LogP) is 2.89. The SMILES string of the molecule is COCC(=O)NC1CCC2(C)CCC(C(C)C(=O)NCc3ccccc3)C(O)C2C1C. The number of benzene rings is 1. The summed E-state index contributed by atoms with van der Waals surface area (Å²) in [4.78, 5) is 24.9. The summed E-state index contributed by atoms with van der Waals surface area (Å²) in [5, 5.41) is 17.6. The van der Waals surface area contributed by atoms with Crippen LogP contribution in [0.1, 0.15) is 52.0 Å². The third kappa shape index (κ3) is 5.29. The molecule has 1 aromatic rings. The van der Waals surface area contributed by atoms with E-state index in [1.165, 1.54) is 7.11 Å². The minimum Gasteiger partial charge on any atom is -0.392 e. The van der Waals surface area contributed by atoms with E-state index in [1.54, 1.807) is 0 Å². The van der Waals surface area contributed by atoms with Crippen molar-refractivity contribution in [2.45, 2.75) is 65.1 Å². The maximum atomic E-state index is 12.9. The summed E-state index contributed by atoms with van der Waals surface area (Å²) in [6, 6.07) is 9.89. The first-order valence-corrected chi connectivity index (χ1v) is 11.5. The van der Waals surface area contributed by atoms with E-state index >= 15 is 0 Å². The van der Waals surface area contributed by atoms with Gasteiger partial charge in [-0.05, 0) is 54.4 Å². The zero-order valence-electron chi connectivity index (χ0n) is 19.3. The molecule has 0 radical (unpaired) electrons. The molecule has 6 heteroatoms. The highest BCUT2D eigenvalue weighted by atomic mass is 16.5. The Morgan fingerprint density at radius 2 is 1.90 bits per heavy atom. The van der Waals surface area contributed by atoms with Crippen molar-refractivity contribution in [3.05, 3.63) is 35.9 Å². The molecule has 7 unspecified atom stereocenters. The highest BCUT2D eigenvalue weighted by molar-refractivity contribution is 5.78. The van der Waals surface area contributed by atoms with Gasteiger partial charge in [-0.3, -0.25) is 9.59 Å². The van der Waals surface area contributed by atoms with Gasteiger partial charge in [-0.2, -0.15) is 0 Å². The van der Waals surface area contributed by atoms with E-state index in [-0.39, 0.29) is 53.5 Å². The van der Waals surface area contributed by atoms with Gasteiger partial charge in [0.1, 0.15) is 6.61 Å². The van der Waals surface area contributed by atoms with Crippen LogP contribution < -0.4 is 10.6 Å². The van der Waals surface area contributed by atoms with Crippen LogP contribution in [0.25, 0.3) is 0 Å². The molecule has 2 amide bonds. The lowest BCUT2D eigenvalue weighted by atomic mass is 9.51. The second kappa shape index (κ2) is 10.1. The largest absolute Gasteiger partial charge is 0.392 e. The highest BCUT2D eigenvalue weighted by Crippen LogP contribution is 2.55. The number of amides is 2. The summed E-state index contributed by atoms with van der Waals surface area (Å²) in [6.07, 6.45) is 3.17. The highest BCUT2D eigenvalue weighted by Gasteiger charge is 2.53. The Morgan fingerprint density at radius 3 is 2.58 bits per heavy atom. The Morgan fingerprint density at radius 1 is 1.23 bits per heavy atom. The van der Waals surface area contributed by atoms with Crippen LogP contribution in [-0.4, -0.2) is 42.8 Å². The van der Waals surface area contributed by atoms with Gasteiger partial charge in [0.2, 0.25) is 11.8 Å². The minimum absolute atomic E-state index is 0.00934. The standard InChI is InChI=1S/C25H38N2O4/c1-16(24(30)26-14-18-8-6-5-7-9-18)19-10-12-25(3)13-11-20(27-21(28)15-31-4)17(2)22(25)23(19)29/h5-9,16-17,19-20,22-23,29H,10-15H2,1-4H3,(H,26,30)(H,27,28). The summed E-state index contributed by atoms with van der Waals surface area (Å²) in [7, 11) is 1.51. The fourth-order valence-corrected chi connectivity index (χ4v) is 6.02. The van der Waals surface area contributed by atoms with Gasteiger partial charge >= 0.3 is 0 Å². The van der Waals surface area contributed by atoms with Gasteiger partial charge in [0, 0.05) is 25.6 Å². The molecule has 7 atom stereocenters. The molecule has 2 aliphatic carbocycles. The Labute approximate surface area is 186 Å². The number of ether oxygens (including phenoxy) is 1. The van der Waals surface area contributed by atoms with E-state index in [1.807, 2.05) is 37.3 Å². The molecule has 2 saturated carbocycles. The molecule has 3 N–H and O–H groups in total. The normalized spacial score (nSPS) is 33.8. The van der Waals surface area contributed by atoms with Crippen LogP contribution in [0.2, 0.25) is 0 Å². The summed E-state index contributed by atoms with van der Waals surface area (Å²) in [5.74, 6) is -0.277. The average Bonchev–Trinajstić information content (AvgIpc) is 2.75. The van der Waals surface area contributed by atoms with Gasteiger partial charge in [0.25, 0.3) is 0 Å². The molecule has 6 nitrogen and oxygen atoms in total. The Bertz CT molecular complexity index is 755. The first kappa shape index (κ1) is 23.7. The van der Waals surface area contributed by atoms with Crippen LogP contribution in [0.3, 0.4) is 0 Å². The van der Waals surface area contributed by atoms with Crippen molar-refractivity contribution in [3.8, 4) is 0 Å². The van der Waals surface area contributed by atoms with E-state index in [4.69, 9.17) is 4.74 Å². The maximum absolute atomic E-state index is 12.9. The maximum Gasteiger partial charge on any atom is 0.246 e. The van der Waals surface area contributed by atoms with Crippen LogP contribution >= 0.6 is 0 Å². The van der Waals surface area contributed by atoms with E-state index in [9.17, 15) is 14.7 Å². The second-order valence-electron chi connectivity index (χ2n) is 9.87. The van der Waals surface area contributed by atoms with Crippen LogP contribution in [0.5, 0.6) is 0 Å². The van der Waals surface area contributed by atoms with Crippen LogP contribution in [0.4, 0.5) is 0 Å². The van der Waals surface area contributed by atoms with Crippen molar-refractivity contribution in [2.24, 2.45) is 29.1 Å². The molecule has 0 bridgehead atoms. The van der Waals surface area contributed by atoms with E-state index < -0.39 is 6.10 Å². The van der Waals surface area contributed by atoms with Gasteiger partial charge in [0.05, 0.1) is 6.10 Å². The second-order valence-corrected chi connectivity index (χ2v) is 9.87. The predicted molar refractivity (Wildman–Crippen MR) is 120 cm³/mol. The first-order valence-electron chi connectivity index (χ1n) is 11.5. The minimum atomic E-state index is -0.562. The number of carbonyl (C=O) groups excluding carboxylic acids is 2. The molecule has 0 spiro atoms. The number of fused-ring (bicyclic) bond motifs is 1. The zero-order chi connectivity index (χ0) is 22.6. The number of carbonyl (C=O) groups is 2. The molecular formula is C25H38N2O4. The number of hydrogen-bond donors (Lipinski definition) is 3. The lowest BCUT2D eigenvalue weighted by molar-refractivity contribution is -0.144. The Hall–Kier alpha value is -1.92. The fourth-order valence-electron chi connectivity index (χ4n) is 6.02. The molecule has 1 aromatic carbocycles. The molecule has 31 heavy (non-hydrogen) atoms. The summed E-state index contributed by atoms with van der Waals surface area (Å²) in [5.41, 5.74) is 1.10. The molecular weight excluding hydrogens is 392 g/mol. The number of rotatable bonds is 7. The molecule has 0 heterocycles. The molecule has 0 aliphatic heterocycles. The Balaban J connectivity index is 1.66. The van der Waals surface area contributed by atoms with Gasteiger partial charge in [-0.1, -0.05) is 51.1 Å². The Kier molecular flexibility index (Phi) is 7.76. The molecule has 3 rings (SSSR count). The average molecular weight is 431 g/mol. The lowest BCUT2D eigenvalue weighted by Crippen LogP contribution is -2.58. The van der Waals surface area contributed by atoms with E-state index in [2.05, 4.69) is 24.5 Å². The van der Waals surface area contributed by atoms with Crippen molar-refractivity contribution < 1.29 is 19.4 Å². The quantitative estimate of drug-likeness (QED) is 0.621. The molecule has 2 fully saturated rings. The number of methoxy groups -OCH3 is 1. The number of hydrogen-bond acceptors (Lipinski definition) is 4. The van der Waals surface area contributed by atoms with Crippen molar-refractivity contribution >= 4 is 11.8 Å². The third-order valence-corrected chi connectivity index (χ3v) is 7.87. The van der Waals surface area contributed by atoms with Gasteiger partial charge < -0.3 is 20.5 Å². The van der Waals surface area contributed by atoms with E-state index in [0.29, 0.717) is 6.54 Å². The molecule has 0 aromatic heterocycles. The molecule has 2 aliphatic rings. The van der Waals surface area contributed by atoms with Gasteiger partial charge in [-0.25, -0.2) is 0 Å². The van der Waals surface area contributed by atoms with Crippen molar-refractivity contribution in [1.82, 2.24) is 10.6 Å². The fraction of sp³-hybridized carbons (Fsp3) is 0.680. The van der Waals surface area contributed by atoms with E-state index in [0.717, 1.165) is 31.2 Å². The van der Waals surface area contributed by atoms with Crippen molar-refractivity contribution in [1.29, 1.82) is 0 Å². The zero-order valence-corrected chi connectivity index (χ0v) is 19.3. The first-order chi connectivity index (χ1) is 14.8. The van der Waals surface area contributed by atoms with Crippen LogP contribution in [0, 0.1) is 29.1 Å². The summed E-state index contributed by atoms with van der Waals surface area (Å²) >= 11 is 0.